The first-order chi connectivity index (χ1) is 16.7. The molecule has 1 aliphatic carbocycles. The molecule has 34 heavy (non-hydrogen) atoms. The number of nitriles is 2. The Morgan fingerprint density at radius 1 is 0.853 bits per heavy atom. The lowest BCUT2D eigenvalue weighted by atomic mass is 9.77. The molecule has 0 spiro atoms. The van der Waals surface area contributed by atoms with E-state index in [1.54, 1.807) is 6.20 Å². The largest absolute Gasteiger partial charge is 0.489 e. The van der Waals surface area contributed by atoms with Gasteiger partial charge in [-0.15, -0.1) is 0 Å². The molecule has 5 heteroatoms. The van der Waals surface area contributed by atoms with Crippen LogP contribution in [0.5, 0.6) is 5.75 Å². The highest BCUT2D eigenvalue weighted by Crippen LogP contribution is 2.36. The number of hydrogen-bond acceptors (Lipinski definition) is 5. The summed E-state index contributed by atoms with van der Waals surface area (Å²) in [5.41, 5.74) is 3.78. The summed E-state index contributed by atoms with van der Waals surface area (Å²) < 4.78 is 11.8. The zero-order chi connectivity index (χ0) is 23.6. The Morgan fingerprint density at radius 3 is 2.06 bits per heavy atom. The predicted molar refractivity (Wildman–Crippen MR) is 132 cm³/mol. The minimum atomic E-state index is 0.153. The number of benzene rings is 3. The fraction of sp³-hybridized carbons (Fsp3) is 0.241. The molecule has 3 aromatic carbocycles. The summed E-state index contributed by atoms with van der Waals surface area (Å²) in [4.78, 5) is 1.82. The standard InChI is InChI=1S/C29H27N3O2/c30-15-16-32(27-11-13-28(14-12-27)33-21-23-7-3-1-4-8-23)20-26(19-31)25-17-29(18-25)34-22-24-9-5-2-6-10-24/h1-14,20,25,29H,16-18,21-22H2. The van der Waals surface area contributed by atoms with E-state index in [0.29, 0.717) is 18.8 Å². The Morgan fingerprint density at radius 2 is 1.47 bits per heavy atom. The zero-order valence-corrected chi connectivity index (χ0v) is 19.0. The summed E-state index contributed by atoms with van der Waals surface area (Å²) in [6, 6.07) is 32.2. The van der Waals surface area contributed by atoms with Gasteiger partial charge in [0.25, 0.3) is 0 Å². The summed E-state index contributed by atoms with van der Waals surface area (Å²) in [6.45, 7) is 1.24. The minimum Gasteiger partial charge on any atom is -0.489 e. The van der Waals surface area contributed by atoms with Crippen molar-refractivity contribution in [2.24, 2.45) is 5.92 Å². The van der Waals surface area contributed by atoms with Gasteiger partial charge in [0, 0.05) is 23.4 Å². The summed E-state index contributed by atoms with van der Waals surface area (Å²) in [6.07, 6.45) is 3.60. The monoisotopic (exact) mass is 449 g/mol. The molecule has 0 aromatic heterocycles. The minimum absolute atomic E-state index is 0.153. The summed E-state index contributed by atoms with van der Waals surface area (Å²) >= 11 is 0. The first-order valence-corrected chi connectivity index (χ1v) is 11.4. The maximum atomic E-state index is 9.75. The van der Waals surface area contributed by atoms with Crippen molar-refractivity contribution in [3.05, 3.63) is 108 Å². The lowest BCUT2D eigenvalue weighted by Crippen LogP contribution is -2.33. The second-order valence-electron chi connectivity index (χ2n) is 8.34. The van der Waals surface area contributed by atoms with Gasteiger partial charge in [0.2, 0.25) is 0 Å². The van der Waals surface area contributed by atoms with Gasteiger partial charge >= 0.3 is 0 Å². The lowest BCUT2D eigenvalue weighted by Gasteiger charge is -2.35. The molecule has 5 nitrogen and oxygen atoms in total. The maximum absolute atomic E-state index is 9.75. The molecule has 1 aliphatic rings. The van der Waals surface area contributed by atoms with Crippen LogP contribution in [0.3, 0.4) is 0 Å². The molecule has 0 bridgehead atoms. The average molecular weight is 450 g/mol. The molecular formula is C29H27N3O2. The van der Waals surface area contributed by atoms with Crippen molar-refractivity contribution in [1.29, 1.82) is 10.5 Å². The van der Waals surface area contributed by atoms with Crippen LogP contribution in [0.4, 0.5) is 5.69 Å². The number of anilines is 1. The van der Waals surface area contributed by atoms with Gasteiger partial charge in [-0.2, -0.15) is 10.5 Å². The van der Waals surface area contributed by atoms with Gasteiger partial charge in [0.15, 0.2) is 0 Å². The second-order valence-corrected chi connectivity index (χ2v) is 8.34. The van der Waals surface area contributed by atoms with Gasteiger partial charge in [-0.1, -0.05) is 60.7 Å². The van der Waals surface area contributed by atoms with Crippen molar-refractivity contribution in [3.63, 3.8) is 0 Å². The molecule has 4 rings (SSSR count). The fourth-order valence-corrected chi connectivity index (χ4v) is 3.90. The molecular weight excluding hydrogens is 422 g/mol. The smallest absolute Gasteiger partial charge is 0.119 e. The van der Waals surface area contributed by atoms with Crippen LogP contribution in [0.25, 0.3) is 0 Å². The van der Waals surface area contributed by atoms with E-state index in [1.165, 1.54) is 0 Å². The Balaban J connectivity index is 1.34. The van der Waals surface area contributed by atoms with Crippen molar-refractivity contribution in [2.75, 3.05) is 11.4 Å². The van der Waals surface area contributed by atoms with Crippen LogP contribution in [0.2, 0.25) is 0 Å². The number of hydrogen-bond donors (Lipinski definition) is 0. The topological polar surface area (TPSA) is 69.3 Å². The van der Waals surface area contributed by atoms with Crippen molar-refractivity contribution in [2.45, 2.75) is 32.2 Å². The van der Waals surface area contributed by atoms with Gasteiger partial charge in [0.1, 0.15) is 18.9 Å². The molecule has 1 saturated carbocycles. The summed E-state index contributed by atoms with van der Waals surface area (Å²) in [7, 11) is 0. The molecule has 3 aromatic rings. The van der Waals surface area contributed by atoms with Gasteiger partial charge in [-0.3, -0.25) is 0 Å². The Hall–Kier alpha value is -4.06. The van der Waals surface area contributed by atoms with Crippen LogP contribution < -0.4 is 9.64 Å². The zero-order valence-electron chi connectivity index (χ0n) is 19.0. The van der Waals surface area contributed by atoms with Gasteiger partial charge in [-0.05, 0) is 48.2 Å². The van der Waals surface area contributed by atoms with Crippen LogP contribution in [0, 0.1) is 28.6 Å². The second kappa shape index (κ2) is 11.7. The number of rotatable bonds is 10. The Kier molecular flexibility index (Phi) is 7.95. The molecule has 170 valence electrons. The Bertz CT molecular complexity index is 1160. The van der Waals surface area contributed by atoms with E-state index in [1.807, 2.05) is 77.7 Å². The quantitative estimate of drug-likeness (QED) is 0.280. The van der Waals surface area contributed by atoms with Crippen molar-refractivity contribution in [1.82, 2.24) is 0 Å². The SMILES string of the molecule is N#CCN(C=C(C#N)C1CC(OCc2ccccc2)C1)c1ccc(OCc2ccccc2)cc1. The van der Waals surface area contributed by atoms with Gasteiger partial charge < -0.3 is 14.4 Å². The van der Waals surface area contributed by atoms with E-state index in [9.17, 15) is 10.5 Å². The molecule has 0 atom stereocenters. The average Bonchev–Trinajstić information content (AvgIpc) is 2.87. The van der Waals surface area contributed by atoms with Crippen LogP contribution in [-0.2, 0) is 18.0 Å². The van der Waals surface area contributed by atoms with Crippen molar-refractivity contribution >= 4 is 5.69 Å². The third-order valence-corrected chi connectivity index (χ3v) is 5.94. The van der Waals surface area contributed by atoms with Crippen molar-refractivity contribution in [3.8, 4) is 17.9 Å². The molecule has 0 N–H and O–H groups in total. The van der Waals surface area contributed by atoms with E-state index in [-0.39, 0.29) is 18.6 Å². The summed E-state index contributed by atoms with van der Waals surface area (Å²) in [5, 5.41) is 19.1. The number of allylic oxidation sites excluding steroid dienone is 1. The van der Waals surface area contributed by atoms with Gasteiger partial charge in [0.05, 0.1) is 24.8 Å². The van der Waals surface area contributed by atoms with Gasteiger partial charge in [-0.25, -0.2) is 0 Å². The molecule has 0 heterocycles. The first kappa shape index (κ1) is 23.1. The summed E-state index contributed by atoms with van der Waals surface area (Å²) in [5.74, 6) is 0.909. The van der Waals surface area contributed by atoms with E-state index >= 15 is 0 Å². The van der Waals surface area contributed by atoms with E-state index in [4.69, 9.17) is 9.47 Å². The third kappa shape index (κ3) is 6.25. The maximum Gasteiger partial charge on any atom is 0.119 e. The number of ether oxygens (including phenoxy) is 2. The first-order valence-electron chi connectivity index (χ1n) is 11.4. The highest BCUT2D eigenvalue weighted by atomic mass is 16.5. The molecule has 0 aliphatic heterocycles. The highest BCUT2D eigenvalue weighted by molar-refractivity contribution is 5.54. The van der Waals surface area contributed by atoms with Crippen LogP contribution in [0.15, 0.2) is 96.7 Å². The molecule has 0 saturated heterocycles. The van der Waals surface area contributed by atoms with Crippen LogP contribution in [0.1, 0.15) is 24.0 Å². The number of nitrogens with zero attached hydrogens (tertiary/aromatic N) is 3. The van der Waals surface area contributed by atoms with Crippen LogP contribution in [-0.4, -0.2) is 12.6 Å². The van der Waals surface area contributed by atoms with E-state index in [0.717, 1.165) is 35.4 Å². The highest BCUT2D eigenvalue weighted by Gasteiger charge is 2.33. The van der Waals surface area contributed by atoms with E-state index in [2.05, 4.69) is 24.3 Å². The normalized spacial score (nSPS) is 17.2. The lowest BCUT2D eigenvalue weighted by molar-refractivity contribution is -0.0300. The van der Waals surface area contributed by atoms with Crippen LogP contribution >= 0.6 is 0 Å². The predicted octanol–water partition coefficient (Wildman–Crippen LogP) is 6.00. The van der Waals surface area contributed by atoms with Crippen molar-refractivity contribution < 1.29 is 9.47 Å². The molecule has 1 fully saturated rings. The molecule has 0 radical (unpaired) electrons. The molecule has 0 amide bonds. The molecule has 0 unspecified atom stereocenters. The van der Waals surface area contributed by atoms with E-state index < -0.39 is 0 Å². The third-order valence-electron chi connectivity index (χ3n) is 5.94. The fourth-order valence-electron chi connectivity index (χ4n) is 3.90. The Labute approximate surface area is 201 Å².